The van der Waals surface area contributed by atoms with Crippen molar-refractivity contribution in [2.45, 2.75) is 164 Å². The molecule has 0 radical (unpaired) electrons. The molecule has 8 bridgehead atoms. The highest BCUT2D eigenvalue weighted by Gasteiger charge is 2.45. The minimum absolute atomic E-state index is 0.149. The number of carbonyl (C=O) groups excluding carboxylic acids is 3. The number of aromatic amines is 2. The molecule has 6 rings (SSSR count). The number of methoxy groups -OCH3 is 1. The van der Waals surface area contributed by atoms with Crippen molar-refractivity contribution < 1.29 is 23.9 Å². The fourth-order valence-corrected chi connectivity index (χ4v) is 10.2. The summed E-state index contributed by atoms with van der Waals surface area (Å²) in [5.41, 5.74) is 13.4. The quantitative estimate of drug-likeness (QED) is 0.0657. The maximum Gasteiger partial charge on any atom is 0.321 e. The van der Waals surface area contributed by atoms with Crippen LogP contribution in [0.5, 0.6) is 0 Å². The van der Waals surface area contributed by atoms with Crippen LogP contribution in [0.25, 0.3) is 39.3 Å². The molecule has 0 saturated heterocycles. The van der Waals surface area contributed by atoms with E-state index in [4.69, 9.17) is 19.4 Å². The van der Waals surface area contributed by atoms with Crippen molar-refractivity contribution in [1.29, 1.82) is 0 Å². The van der Waals surface area contributed by atoms with Crippen LogP contribution in [0.15, 0.2) is 36.4 Å². The van der Waals surface area contributed by atoms with Gasteiger partial charge in [0.2, 0.25) is 0 Å². The monoisotopic (exact) mass is 871 g/mol. The predicted molar refractivity (Wildman–Crippen MR) is 262 cm³/mol. The Bertz CT molecular complexity index is 2480. The topological polar surface area (TPSA) is 127 Å². The maximum atomic E-state index is 14.4. The molecule has 0 saturated carbocycles. The average Bonchev–Trinajstić information content (AvgIpc) is 3.99. The lowest BCUT2D eigenvalue weighted by Crippen LogP contribution is -2.21. The molecule has 0 amide bonds. The van der Waals surface area contributed by atoms with E-state index in [1.54, 1.807) is 0 Å². The van der Waals surface area contributed by atoms with Crippen LogP contribution in [0.1, 0.15) is 206 Å². The van der Waals surface area contributed by atoms with Crippen LogP contribution < -0.4 is 0 Å². The summed E-state index contributed by atoms with van der Waals surface area (Å²) in [5.74, 6) is -0.519. The van der Waals surface area contributed by atoms with E-state index < -0.39 is 11.9 Å². The third-order valence-electron chi connectivity index (χ3n) is 14.4. The first-order valence-electron chi connectivity index (χ1n) is 24.1. The van der Waals surface area contributed by atoms with Crippen LogP contribution in [0.4, 0.5) is 0 Å². The number of H-pyrrole nitrogens is 2. The zero-order valence-corrected chi connectivity index (χ0v) is 40.7. The Morgan fingerprint density at radius 2 is 1.52 bits per heavy atom. The highest BCUT2D eigenvalue weighted by molar-refractivity contribution is 6.23. The molecule has 3 aliphatic rings. The molecule has 5 heterocycles. The fourth-order valence-electron chi connectivity index (χ4n) is 10.2. The molecule has 2 aliphatic heterocycles. The van der Waals surface area contributed by atoms with E-state index in [9.17, 15) is 14.4 Å². The number of ketones is 1. The van der Waals surface area contributed by atoms with Crippen LogP contribution in [0.2, 0.25) is 0 Å². The van der Waals surface area contributed by atoms with Crippen molar-refractivity contribution in [3.8, 4) is 0 Å². The van der Waals surface area contributed by atoms with Crippen LogP contribution in [0.3, 0.4) is 0 Å². The van der Waals surface area contributed by atoms with Crippen molar-refractivity contribution in [3.05, 3.63) is 87.0 Å². The lowest BCUT2D eigenvalue weighted by atomic mass is 9.84. The summed E-state index contributed by atoms with van der Waals surface area (Å²) >= 11 is 0. The number of fused-ring (bicyclic) bond motifs is 8. The molecule has 1 aliphatic carbocycles. The molecule has 64 heavy (non-hydrogen) atoms. The largest absolute Gasteiger partial charge is 0.468 e. The highest BCUT2D eigenvalue weighted by Crippen LogP contribution is 2.48. The fraction of sp³-hybridized carbons (Fsp3) is 0.545. The zero-order valence-electron chi connectivity index (χ0n) is 40.7. The molecule has 3 aromatic heterocycles. The van der Waals surface area contributed by atoms with E-state index in [0.717, 1.165) is 98.5 Å². The van der Waals surface area contributed by atoms with Gasteiger partial charge in [0.15, 0.2) is 5.78 Å². The molecule has 9 nitrogen and oxygen atoms in total. The van der Waals surface area contributed by atoms with Crippen LogP contribution in [0, 0.1) is 31.6 Å². The lowest BCUT2D eigenvalue weighted by Gasteiger charge is -2.18. The van der Waals surface area contributed by atoms with Gasteiger partial charge in [-0.3, -0.25) is 19.4 Å². The van der Waals surface area contributed by atoms with E-state index in [2.05, 4.69) is 91.0 Å². The number of ether oxygens (including phenoxy) is 2. The lowest BCUT2D eigenvalue weighted by molar-refractivity contribution is -0.143. The molecule has 3 aromatic rings. The number of allylic oxidation sites excluding steroid dienone is 3. The normalized spacial score (nSPS) is 18.2. The van der Waals surface area contributed by atoms with Crippen LogP contribution in [-0.2, 0) is 19.1 Å². The second kappa shape index (κ2) is 21.3. The Labute approximate surface area is 382 Å². The van der Waals surface area contributed by atoms with E-state index >= 15 is 0 Å². The number of carbonyl (C=O) groups is 3. The number of aromatic nitrogens is 4. The van der Waals surface area contributed by atoms with Gasteiger partial charge in [0.05, 0.1) is 29.7 Å². The van der Waals surface area contributed by atoms with Crippen LogP contribution >= 0.6 is 0 Å². The van der Waals surface area contributed by atoms with Crippen molar-refractivity contribution >= 4 is 57.0 Å². The first kappa shape index (κ1) is 48.4. The first-order chi connectivity index (χ1) is 30.6. The molecule has 0 fully saturated rings. The molecular weight excluding hydrogens is 797 g/mol. The number of hydrogen-bond acceptors (Lipinski definition) is 7. The SMILES string of the molecule is C=Cc1c(C)c2cc3nc(c4c5[nH]c(cc6nc(cc1[nH]2)C(C)=C6CC)c(C)c5C(=O)C4C(=O)OC)[C@@H](CCC(=O)OC/C=C(\C)CCC[C@H](C)CCC[C@H](C)CCCC(C)C)[C@@H]3C. The van der Waals surface area contributed by atoms with Gasteiger partial charge in [0, 0.05) is 57.2 Å². The van der Waals surface area contributed by atoms with Gasteiger partial charge < -0.3 is 19.4 Å². The zero-order chi connectivity index (χ0) is 46.4. The van der Waals surface area contributed by atoms with Crippen molar-refractivity contribution in [1.82, 2.24) is 19.9 Å². The minimum Gasteiger partial charge on any atom is -0.468 e. The number of hydrogen-bond donors (Lipinski definition) is 2. The second-order valence-corrected chi connectivity index (χ2v) is 19.6. The summed E-state index contributed by atoms with van der Waals surface area (Å²) in [6.45, 7) is 26.2. The molecule has 1 unspecified atom stereocenters. The van der Waals surface area contributed by atoms with Crippen molar-refractivity contribution in [2.75, 3.05) is 13.7 Å². The molecule has 2 N–H and O–H groups in total. The van der Waals surface area contributed by atoms with Gasteiger partial charge in [0.1, 0.15) is 12.5 Å². The summed E-state index contributed by atoms with van der Waals surface area (Å²) in [5, 5.41) is 0. The predicted octanol–water partition coefficient (Wildman–Crippen LogP) is 14.0. The number of aryl methyl sites for hydroxylation is 2. The van der Waals surface area contributed by atoms with Crippen LogP contribution in [-0.4, -0.2) is 51.4 Å². The van der Waals surface area contributed by atoms with E-state index in [0.29, 0.717) is 28.8 Å². The van der Waals surface area contributed by atoms with Crippen molar-refractivity contribution in [3.63, 3.8) is 0 Å². The van der Waals surface area contributed by atoms with E-state index in [1.165, 1.54) is 57.6 Å². The van der Waals surface area contributed by atoms with Gasteiger partial charge >= 0.3 is 11.9 Å². The smallest absolute Gasteiger partial charge is 0.321 e. The first-order valence-corrected chi connectivity index (χ1v) is 24.1. The van der Waals surface area contributed by atoms with Gasteiger partial charge in [-0.2, -0.15) is 0 Å². The van der Waals surface area contributed by atoms with Gasteiger partial charge in [-0.15, -0.1) is 0 Å². The molecule has 9 heteroatoms. The van der Waals surface area contributed by atoms with Gasteiger partial charge in [-0.05, 0) is 118 Å². The van der Waals surface area contributed by atoms with E-state index in [-0.39, 0.29) is 36.6 Å². The number of esters is 2. The Kier molecular flexibility index (Phi) is 16.1. The Balaban J connectivity index is 1.24. The number of nitrogens with one attached hydrogen (secondary N) is 2. The molecule has 5 atom stereocenters. The minimum atomic E-state index is -1.18. The van der Waals surface area contributed by atoms with Gasteiger partial charge in [-0.25, -0.2) is 4.98 Å². The number of nitrogens with zero attached hydrogens (tertiary/aromatic N) is 2. The summed E-state index contributed by atoms with van der Waals surface area (Å²) in [6, 6.07) is 6.14. The van der Waals surface area contributed by atoms with Gasteiger partial charge in [-0.1, -0.05) is 105 Å². The third-order valence-corrected chi connectivity index (χ3v) is 14.4. The standard InChI is InChI=1S/C55H74N4O5/c1-13-39-35(8)42-28-44-37(10)41(24-25-48(60)64-27-26-34(7)23-17-22-33(6)21-16-20-32(5)19-15-18-31(3)4)52(58-44)50-51(55(62)63-12)54(61)49-38(11)45(59-53(49)50)30-47-40(14-2)36(9)43(57-47)29-46(39)56-42/h13,26,28-33,37,41,51,56,59H,1,14-25,27H2,2-12H3/b34-26+,42-28?,43-29?,44-28?,45-30?,46-29?,47-30?,52-50?/t32-,33-,37+,41+,51?/m1/s1. The molecule has 0 spiro atoms. The van der Waals surface area contributed by atoms with Crippen molar-refractivity contribution in [2.24, 2.45) is 17.8 Å². The average molecular weight is 871 g/mol. The number of Topliss-reactive ketones (excluding diaryl/α,β-unsaturated/α-hetero) is 1. The Morgan fingerprint density at radius 1 is 0.859 bits per heavy atom. The summed E-state index contributed by atoms with van der Waals surface area (Å²) < 4.78 is 11.1. The third kappa shape index (κ3) is 10.6. The second-order valence-electron chi connectivity index (χ2n) is 19.6. The summed E-state index contributed by atoms with van der Waals surface area (Å²) in [4.78, 5) is 59.0. The molecule has 344 valence electrons. The maximum absolute atomic E-state index is 14.4. The van der Waals surface area contributed by atoms with E-state index in [1.807, 2.05) is 25.1 Å². The highest BCUT2D eigenvalue weighted by atomic mass is 16.5. The molecular formula is C55H74N4O5. The Hall–Kier alpha value is -5.05. The molecule has 0 aromatic carbocycles. The summed E-state index contributed by atoms with van der Waals surface area (Å²) in [7, 11) is 1.31. The van der Waals surface area contributed by atoms with Gasteiger partial charge in [0.25, 0.3) is 0 Å². The Morgan fingerprint density at radius 3 is 2.17 bits per heavy atom. The summed E-state index contributed by atoms with van der Waals surface area (Å²) in [6.07, 6.45) is 16.6. The number of rotatable bonds is 20.